The lowest BCUT2D eigenvalue weighted by atomic mass is 10.1. The fourth-order valence-corrected chi connectivity index (χ4v) is 3.09. The van der Waals surface area contributed by atoms with Crippen LogP contribution in [0, 0.1) is 0 Å². The predicted octanol–water partition coefficient (Wildman–Crippen LogP) is 3.45. The molecule has 0 saturated heterocycles. The number of amides is 1. The number of rotatable bonds is 8. The molecule has 0 aliphatic heterocycles. The van der Waals surface area contributed by atoms with Crippen molar-refractivity contribution in [3.63, 3.8) is 0 Å². The molecule has 1 atom stereocenters. The van der Waals surface area contributed by atoms with Crippen LogP contribution in [-0.4, -0.2) is 34.5 Å². The number of ether oxygens (including phenoxy) is 1. The van der Waals surface area contributed by atoms with Crippen molar-refractivity contribution in [3.05, 3.63) is 64.2 Å². The Morgan fingerprint density at radius 2 is 2.03 bits per heavy atom. The van der Waals surface area contributed by atoms with Gasteiger partial charge in [0.25, 0.3) is 5.56 Å². The number of Topliss-reactive ketones (excluding diaryl/α,β-unsaturated/α-hetero) is 1. The Morgan fingerprint density at radius 3 is 2.73 bits per heavy atom. The number of fused-ring (bicyclic) bond motifs is 1. The molecule has 1 amide bonds. The van der Waals surface area contributed by atoms with Crippen LogP contribution in [0.15, 0.2) is 53.6 Å². The maximum atomic E-state index is 13.0. The summed E-state index contributed by atoms with van der Waals surface area (Å²) in [6.07, 6.45) is 1.56. The summed E-state index contributed by atoms with van der Waals surface area (Å²) in [4.78, 5) is 40.8. The summed E-state index contributed by atoms with van der Waals surface area (Å²) in [5.41, 5.74) is -0.00551. The Kier molecular flexibility index (Phi) is 6.79. The zero-order valence-corrected chi connectivity index (χ0v) is 16.9. The molecular weight excluding hydrogens is 413 g/mol. The van der Waals surface area contributed by atoms with Crippen LogP contribution in [0.3, 0.4) is 0 Å². The molecular formula is C21H19ClFN3O4. The maximum absolute atomic E-state index is 13.0. The standard InChI is InChI=1S/C21H19ClFN3O4/c1-2-18(20(28)24-11-13(27)10-23)26-12-25-17-8-7-14(9-15(17)21(26)29)30-19-6-4-3-5-16(19)22/h3-9,12,18H,2,10-11H2,1H3,(H,24,28)/t18-/m0/s1. The zero-order chi connectivity index (χ0) is 21.7. The average Bonchev–Trinajstić information content (AvgIpc) is 2.76. The smallest absolute Gasteiger partial charge is 0.262 e. The molecule has 0 aliphatic carbocycles. The third-order valence-corrected chi connectivity index (χ3v) is 4.76. The summed E-state index contributed by atoms with van der Waals surface area (Å²) in [6, 6.07) is 10.9. The molecule has 0 radical (unpaired) electrons. The first-order chi connectivity index (χ1) is 14.4. The molecule has 7 nitrogen and oxygen atoms in total. The zero-order valence-electron chi connectivity index (χ0n) is 16.1. The van der Waals surface area contributed by atoms with Gasteiger partial charge in [0, 0.05) is 0 Å². The van der Waals surface area contributed by atoms with Crippen LogP contribution in [0.25, 0.3) is 10.9 Å². The summed E-state index contributed by atoms with van der Waals surface area (Å²) in [5.74, 6) is -0.487. The first-order valence-electron chi connectivity index (χ1n) is 9.23. The molecule has 0 spiro atoms. The van der Waals surface area contributed by atoms with E-state index < -0.39 is 36.5 Å². The largest absolute Gasteiger partial charge is 0.456 e. The van der Waals surface area contributed by atoms with E-state index in [4.69, 9.17) is 16.3 Å². The molecule has 0 aliphatic rings. The van der Waals surface area contributed by atoms with Gasteiger partial charge < -0.3 is 10.1 Å². The summed E-state index contributed by atoms with van der Waals surface area (Å²) >= 11 is 6.11. The lowest BCUT2D eigenvalue weighted by Crippen LogP contribution is -2.39. The van der Waals surface area contributed by atoms with Crippen LogP contribution >= 0.6 is 11.6 Å². The molecule has 1 N–H and O–H groups in total. The van der Waals surface area contributed by atoms with E-state index in [-0.39, 0.29) is 11.8 Å². The van der Waals surface area contributed by atoms with Crippen LogP contribution in [0.5, 0.6) is 11.5 Å². The maximum Gasteiger partial charge on any atom is 0.262 e. The van der Waals surface area contributed by atoms with Crippen molar-refractivity contribution < 1.29 is 18.7 Å². The molecule has 0 saturated carbocycles. The first kappa shape index (κ1) is 21.4. The topological polar surface area (TPSA) is 90.3 Å². The average molecular weight is 432 g/mol. The predicted molar refractivity (Wildman–Crippen MR) is 111 cm³/mol. The van der Waals surface area contributed by atoms with E-state index in [1.165, 1.54) is 17.0 Å². The molecule has 0 bridgehead atoms. The number of halogens is 2. The fourth-order valence-electron chi connectivity index (χ4n) is 2.91. The van der Waals surface area contributed by atoms with Gasteiger partial charge in [-0.1, -0.05) is 30.7 Å². The highest BCUT2D eigenvalue weighted by molar-refractivity contribution is 6.32. The van der Waals surface area contributed by atoms with E-state index in [0.717, 1.165) is 0 Å². The van der Waals surface area contributed by atoms with E-state index in [0.29, 0.717) is 22.0 Å². The lowest BCUT2D eigenvalue weighted by Gasteiger charge is -2.17. The first-order valence-corrected chi connectivity index (χ1v) is 9.61. The van der Waals surface area contributed by atoms with Gasteiger partial charge in [0.1, 0.15) is 24.2 Å². The minimum Gasteiger partial charge on any atom is -0.456 e. The second-order valence-electron chi connectivity index (χ2n) is 6.48. The number of para-hydroxylation sites is 1. The van der Waals surface area contributed by atoms with Crippen molar-refractivity contribution in [2.45, 2.75) is 19.4 Å². The van der Waals surface area contributed by atoms with E-state index in [2.05, 4.69) is 10.3 Å². The van der Waals surface area contributed by atoms with E-state index in [1.54, 1.807) is 43.3 Å². The monoisotopic (exact) mass is 431 g/mol. The molecule has 2 aromatic carbocycles. The van der Waals surface area contributed by atoms with Gasteiger partial charge in [0.15, 0.2) is 5.78 Å². The lowest BCUT2D eigenvalue weighted by molar-refractivity contribution is -0.127. The summed E-state index contributed by atoms with van der Waals surface area (Å²) in [7, 11) is 0. The van der Waals surface area contributed by atoms with E-state index in [1.807, 2.05) is 0 Å². The number of alkyl halides is 1. The molecule has 1 heterocycles. The van der Waals surface area contributed by atoms with E-state index in [9.17, 15) is 18.8 Å². The van der Waals surface area contributed by atoms with Gasteiger partial charge >= 0.3 is 0 Å². The molecule has 9 heteroatoms. The Labute approximate surface area is 176 Å². The highest BCUT2D eigenvalue weighted by Gasteiger charge is 2.21. The normalized spacial score (nSPS) is 11.8. The van der Waals surface area contributed by atoms with Crippen LogP contribution in [-0.2, 0) is 9.59 Å². The number of hydrogen-bond acceptors (Lipinski definition) is 5. The van der Waals surface area contributed by atoms with Gasteiger partial charge in [-0.15, -0.1) is 0 Å². The van der Waals surface area contributed by atoms with Gasteiger partial charge in [0.2, 0.25) is 5.91 Å². The third-order valence-electron chi connectivity index (χ3n) is 4.45. The van der Waals surface area contributed by atoms with Gasteiger partial charge in [-0.3, -0.25) is 19.0 Å². The Balaban J connectivity index is 1.93. The van der Waals surface area contributed by atoms with E-state index >= 15 is 0 Å². The number of benzene rings is 2. The molecule has 1 aromatic heterocycles. The second kappa shape index (κ2) is 9.49. The van der Waals surface area contributed by atoms with Crippen LogP contribution in [0.4, 0.5) is 4.39 Å². The van der Waals surface area contributed by atoms with Crippen molar-refractivity contribution in [2.24, 2.45) is 0 Å². The Hall–Kier alpha value is -3.26. The summed E-state index contributed by atoms with van der Waals surface area (Å²) < 4.78 is 19.3. The molecule has 156 valence electrons. The van der Waals surface area contributed by atoms with Gasteiger partial charge in [0.05, 0.1) is 28.8 Å². The van der Waals surface area contributed by atoms with Crippen molar-refractivity contribution >= 4 is 34.2 Å². The van der Waals surface area contributed by atoms with Gasteiger partial charge in [-0.2, -0.15) is 0 Å². The third kappa shape index (κ3) is 4.65. The number of aromatic nitrogens is 2. The minimum absolute atomic E-state index is 0.258. The van der Waals surface area contributed by atoms with Crippen molar-refractivity contribution in [1.29, 1.82) is 0 Å². The number of nitrogens with zero attached hydrogens (tertiary/aromatic N) is 2. The SMILES string of the molecule is CC[C@@H](C(=O)NCC(=O)CF)n1cnc2ccc(Oc3ccccc3Cl)cc2c1=O. The number of carbonyl (C=O) groups excluding carboxylic acids is 2. The second-order valence-corrected chi connectivity index (χ2v) is 6.89. The molecule has 0 unspecified atom stereocenters. The summed E-state index contributed by atoms with van der Waals surface area (Å²) in [6.45, 7) is 0.120. The quantitative estimate of drug-likeness (QED) is 0.590. The van der Waals surface area contributed by atoms with Gasteiger partial charge in [-0.25, -0.2) is 9.37 Å². The molecule has 3 aromatic rings. The van der Waals surface area contributed by atoms with Gasteiger partial charge in [-0.05, 0) is 36.8 Å². The minimum atomic E-state index is -1.16. The molecule has 30 heavy (non-hydrogen) atoms. The number of hydrogen-bond donors (Lipinski definition) is 1. The highest BCUT2D eigenvalue weighted by atomic mass is 35.5. The molecule has 0 fully saturated rings. The Morgan fingerprint density at radius 1 is 1.27 bits per heavy atom. The Bertz CT molecular complexity index is 1150. The van der Waals surface area contributed by atoms with Crippen LogP contribution in [0.2, 0.25) is 5.02 Å². The van der Waals surface area contributed by atoms with Crippen molar-refractivity contribution in [3.8, 4) is 11.5 Å². The van der Waals surface area contributed by atoms with Crippen LogP contribution < -0.4 is 15.6 Å². The number of nitrogens with one attached hydrogen (secondary N) is 1. The molecule has 3 rings (SSSR count). The fraction of sp³-hybridized carbons (Fsp3) is 0.238. The number of carbonyl (C=O) groups is 2. The highest BCUT2D eigenvalue weighted by Crippen LogP contribution is 2.29. The van der Waals surface area contributed by atoms with Crippen LogP contribution in [0.1, 0.15) is 19.4 Å². The van der Waals surface area contributed by atoms with Crippen molar-refractivity contribution in [1.82, 2.24) is 14.9 Å². The number of ketones is 1. The van der Waals surface area contributed by atoms with Crippen molar-refractivity contribution in [2.75, 3.05) is 13.2 Å². The summed E-state index contributed by atoms with van der Waals surface area (Å²) in [5, 5.41) is 3.03.